The van der Waals surface area contributed by atoms with Crippen molar-refractivity contribution in [3.8, 4) is 0 Å². The molecule has 276 valence electrons. The average molecular weight is 711 g/mol. The Kier molecular flexibility index (Phi) is 18.4. The molecule has 1 aliphatic heterocycles. The monoisotopic (exact) mass is 710 g/mol. The topological polar surface area (TPSA) is 214 Å². The number of nitrogens with zero attached hydrogens (tertiary/aromatic N) is 5. The molecule has 1 unspecified atom stereocenters. The highest BCUT2D eigenvalue weighted by Crippen LogP contribution is 2.18. The molecule has 1 atom stereocenters. The van der Waals surface area contributed by atoms with Gasteiger partial charge in [-0.25, -0.2) is 8.42 Å². The summed E-state index contributed by atoms with van der Waals surface area (Å²) in [6, 6.07) is 4.71. The quantitative estimate of drug-likeness (QED) is 0.111. The predicted octanol–water partition coefficient (Wildman–Crippen LogP) is -2.62. The summed E-state index contributed by atoms with van der Waals surface area (Å²) in [5.41, 5.74) is 0.260. The van der Waals surface area contributed by atoms with Gasteiger partial charge in [0.05, 0.1) is 23.4 Å². The van der Waals surface area contributed by atoms with Crippen LogP contribution in [0.5, 0.6) is 0 Å². The third-order valence-electron chi connectivity index (χ3n) is 8.28. The molecule has 2 N–H and O–H groups in total. The molecule has 0 saturated carbocycles. The van der Waals surface area contributed by atoms with Gasteiger partial charge < -0.3 is 35.0 Å². The van der Waals surface area contributed by atoms with Gasteiger partial charge >= 0.3 is 5.97 Å². The van der Waals surface area contributed by atoms with E-state index in [9.17, 15) is 47.7 Å². The molecule has 1 aromatic rings. The van der Waals surface area contributed by atoms with E-state index in [1.807, 2.05) is 13.8 Å². The molecule has 1 heterocycles. The summed E-state index contributed by atoms with van der Waals surface area (Å²) in [7, 11) is -3.69. The molecule has 0 spiro atoms. The van der Waals surface area contributed by atoms with Gasteiger partial charge in [0.25, 0.3) is 5.91 Å². The minimum absolute atomic E-state index is 0.0657. The summed E-state index contributed by atoms with van der Waals surface area (Å²) in [6.07, 6.45) is 2.52. The van der Waals surface area contributed by atoms with Crippen LogP contribution in [0.15, 0.2) is 29.2 Å². The number of carbonyl (C=O) groups excluding carboxylic acids is 4. The third-order valence-corrected chi connectivity index (χ3v) is 10.2. The van der Waals surface area contributed by atoms with E-state index in [4.69, 9.17) is 0 Å². The normalized spacial score (nSPS) is 17.1. The van der Waals surface area contributed by atoms with Crippen LogP contribution < -0.4 is 15.5 Å². The molecule has 2 rings (SSSR count). The van der Waals surface area contributed by atoms with Gasteiger partial charge in [-0.15, -0.1) is 0 Å². The summed E-state index contributed by atoms with van der Waals surface area (Å²) in [5, 5.41) is 35.6. The van der Waals surface area contributed by atoms with E-state index in [2.05, 4.69) is 5.32 Å². The van der Waals surface area contributed by atoms with Gasteiger partial charge in [0.2, 0.25) is 10.0 Å². The first-order valence-electron chi connectivity index (χ1n) is 16.7. The Balaban J connectivity index is 2.08. The molecule has 49 heavy (non-hydrogen) atoms. The van der Waals surface area contributed by atoms with Crippen LogP contribution in [0.25, 0.3) is 0 Å². The molecule has 0 aromatic heterocycles. The van der Waals surface area contributed by atoms with Crippen LogP contribution in [-0.2, 0) is 29.2 Å². The maximum atomic E-state index is 13.0. The minimum Gasteiger partial charge on any atom is -0.549 e. The lowest BCUT2D eigenvalue weighted by Gasteiger charge is -2.36. The zero-order chi connectivity index (χ0) is 36.4. The fraction of sp³-hybridized carbons (Fsp3) is 0.656. The van der Waals surface area contributed by atoms with Gasteiger partial charge in [-0.1, -0.05) is 13.8 Å². The van der Waals surface area contributed by atoms with Crippen LogP contribution in [0.4, 0.5) is 0 Å². The lowest BCUT2D eigenvalue weighted by atomic mass is 10.1. The van der Waals surface area contributed by atoms with Crippen molar-refractivity contribution in [1.82, 2.24) is 29.2 Å². The number of amides is 1. The number of nitrogens with one attached hydrogen (secondary N) is 1. The van der Waals surface area contributed by atoms with Crippen LogP contribution in [0.1, 0.15) is 49.9 Å². The number of rotatable bonds is 19. The van der Waals surface area contributed by atoms with Gasteiger partial charge in [0, 0.05) is 90.6 Å². The lowest BCUT2D eigenvalue weighted by Crippen LogP contribution is -2.52. The highest BCUT2D eigenvalue weighted by atomic mass is 32.2. The van der Waals surface area contributed by atoms with Crippen LogP contribution in [0, 0.1) is 0 Å². The van der Waals surface area contributed by atoms with E-state index in [-0.39, 0.29) is 75.8 Å². The molecule has 1 aliphatic rings. The Morgan fingerprint density at radius 2 is 1.35 bits per heavy atom. The van der Waals surface area contributed by atoms with Gasteiger partial charge in [0.15, 0.2) is 0 Å². The molecule has 1 amide bonds. The first-order valence-corrected chi connectivity index (χ1v) is 18.1. The van der Waals surface area contributed by atoms with E-state index in [1.54, 1.807) is 19.6 Å². The SMILES string of the molecule is CCCN(CCC)S(=O)(=O)c1ccc(C(=O)NCCCC(C(=O)O)N2CCN(CC=O)CCN(CC(=O)[O-])CCN(CC(=O)[O-])CC2)cc1. The smallest absolute Gasteiger partial charge is 0.320 e. The van der Waals surface area contributed by atoms with Crippen molar-refractivity contribution in [2.24, 2.45) is 0 Å². The number of aldehydes is 1. The first-order chi connectivity index (χ1) is 23.3. The summed E-state index contributed by atoms with van der Waals surface area (Å²) < 4.78 is 27.5. The van der Waals surface area contributed by atoms with Crippen LogP contribution in [-0.4, -0.2) is 165 Å². The van der Waals surface area contributed by atoms with Crippen molar-refractivity contribution in [1.29, 1.82) is 0 Å². The minimum atomic E-state index is -3.69. The van der Waals surface area contributed by atoms with Crippen LogP contribution in [0.2, 0.25) is 0 Å². The van der Waals surface area contributed by atoms with E-state index < -0.39 is 46.4 Å². The van der Waals surface area contributed by atoms with Crippen LogP contribution >= 0.6 is 0 Å². The molecule has 0 radical (unpaired) electrons. The fourth-order valence-corrected chi connectivity index (χ4v) is 7.30. The van der Waals surface area contributed by atoms with Crippen molar-refractivity contribution < 1.29 is 47.7 Å². The lowest BCUT2D eigenvalue weighted by molar-refractivity contribution is -0.308. The molecule has 0 aliphatic carbocycles. The summed E-state index contributed by atoms with van der Waals surface area (Å²) in [6.45, 7) is 5.93. The second-order valence-corrected chi connectivity index (χ2v) is 13.9. The van der Waals surface area contributed by atoms with E-state index in [0.717, 1.165) is 6.29 Å². The van der Waals surface area contributed by atoms with Crippen molar-refractivity contribution in [3.05, 3.63) is 29.8 Å². The van der Waals surface area contributed by atoms with Crippen molar-refractivity contribution in [2.75, 3.05) is 91.6 Å². The number of hydrogen-bond donors (Lipinski definition) is 2. The summed E-state index contributed by atoms with van der Waals surface area (Å²) >= 11 is 0. The Hall–Kier alpha value is -3.48. The van der Waals surface area contributed by atoms with Crippen molar-refractivity contribution in [3.63, 3.8) is 0 Å². The summed E-state index contributed by atoms with van der Waals surface area (Å²) in [5.74, 6) is -4.13. The number of carboxylic acid groups (broad SMARTS) is 3. The molecule has 0 bridgehead atoms. The fourth-order valence-electron chi connectivity index (χ4n) is 5.67. The van der Waals surface area contributed by atoms with Gasteiger partial charge in [-0.3, -0.25) is 29.2 Å². The Morgan fingerprint density at radius 1 is 0.857 bits per heavy atom. The highest BCUT2D eigenvalue weighted by molar-refractivity contribution is 7.89. The van der Waals surface area contributed by atoms with Gasteiger partial charge in [-0.2, -0.15) is 4.31 Å². The maximum Gasteiger partial charge on any atom is 0.320 e. The van der Waals surface area contributed by atoms with Gasteiger partial charge in [-0.05, 0) is 49.9 Å². The maximum absolute atomic E-state index is 13.0. The second-order valence-electron chi connectivity index (χ2n) is 12.0. The summed E-state index contributed by atoms with van der Waals surface area (Å²) in [4.78, 5) is 66.1. The Morgan fingerprint density at radius 3 is 1.82 bits per heavy atom. The average Bonchev–Trinajstić information content (AvgIpc) is 3.04. The number of carboxylic acids is 3. The van der Waals surface area contributed by atoms with E-state index >= 15 is 0 Å². The molecular weight excluding hydrogens is 660 g/mol. The number of hydrogen-bond acceptors (Lipinski definition) is 13. The number of benzene rings is 1. The molecule has 16 nitrogen and oxygen atoms in total. The standard InChI is InChI=1S/C32H52N6O10S/c1-3-12-38(13-4-2)49(47,48)27-9-7-26(8-10-27)31(44)33-11-5-6-28(32(45)46)37-20-18-34(22-23-39)14-15-35(24-29(40)41)16-17-36(19-21-37)25-30(42)43/h7-10,23,28H,3-6,11-22,24-25H2,1-2H3,(H,33,44)(H,40,41)(H,42,43)(H,45,46)/p-2. The van der Waals surface area contributed by atoms with Crippen molar-refractivity contribution >= 4 is 40.1 Å². The zero-order valence-electron chi connectivity index (χ0n) is 28.5. The Bertz CT molecular complexity index is 1320. The first kappa shape index (κ1) is 41.7. The molecule has 17 heteroatoms. The predicted molar refractivity (Wildman–Crippen MR) is 176 cm³/mol. The zero-order valence-corrected chi connectivity index (χ0v) is 29.3. The number of aliphatic carboxylic acids is 3. The second kappa shape index (κ2) is 21.6. The van der Waals surface area contributed by atoms with E-state index in [1.165, 1.54) is 28.6 Å². The molecule has 1 saturated heterocycles. The molecule has 1 fully saturated rings. The largest absolute Gasteiger partial charge is 0.549 e. The van der Waals surface area contributed by atoms with Crippen molar-refractivity contribution in [2.45, 2.75) is 50.5 Å². The molecular formula is C32H50N6O10S-2. The highest BCUT2D eigenvalue weighted by Gasteiger charge is 2.27. The number of sulfonamides is 1. The van der Waals surface area contributed by atoms with Crippen LogP contribution in [0.3, 0.4) is 0 Å². The Labute approximate surface area is 288 Å². The third kappa shape index (κ3) is 14.5. The molecule has 1 aromatic carbocycles. The van der Waals surface area contributed by atoms with E-state index in [0.29, 0.717) is 45.4 Å². The van der Waals surface area contributed by atoms with Gasteiger partial charge in [0.1, 0.15) is 12.3 Å². The number of carbonyl (C=O) groups is 5.